The first-order valence-corrected chi connectivity index (χ1v) is 12.8. The number of fused-ring (bicyclic) bond motifs is 1. The van der Waals surface area contributed by atoms with Crippen molar-refractivity contribution in [3.05, 3.63) is 113 Å². The largest absolute Gasteiger partial charge is 0.488 e. The second-order valence-corrected chi connectivity index (χ2v) is 9.26. The van der Waals surface area contributed by atoms with E-state index in [9.17, 15) is 4.79 Å². The van der Waals surface area contributed by atoms with Gasteiger partial charge in [0.15, 0.2) is 0 Å². The normalized spacial score (nSPS) is 11.0. The number of rotatable bonds is 9. The first kappa shape index (κ1) is 25.3. The molecule has 0 saturated carbocycles. The Hall–Kier alpha value is -4.35. The van der Waals surface area contributed by atoms with Crippen molar-refractivity contribution in [1.29, 1.82) is 0 Å². The number of para-hydroxylation sites is 1. The molecule has 5 nitrogen and oxygen atoms in total. The molecule has 192 valence electrons. The van der Waals surface area contributed by atoms with Crippen molar-refractivity contribution in [2.45, 2.75) is 33.4 Å². The molecule has 0 radical (unpaired) electrons. The molecule has 1 aromatic heterocycles. The summed E-state index contributed by atoms with van der Waals surface area (Å²) in [7, 11) is 0. The van der Waals surface area contributed by atoms with Crippen molar-refractivity contribution >= 4 is 16.9 Å². The lowest BCUT2D eigenvalue weighted by Crippen LogP contribution is -2.09. The summed E-state index contributed by atoms with van der Waals surface area (Å²) < 4.78 is 17.5. The monoisotopic (exact) mass is 505 g/mol. The Kier molecular flexibility index (Phi) is 7.57. The van der Waals surface area contributed by atoms with Gasteiger partial charge in [-0.3, -0.25) is 4.79 Å². The van der Waals surface area contributed by atoms with Crippen molar-refractivity contribution in [3.63, 3.8) is 0 Å². The smallest absolute Gasteiger partial charge is 0.310 e. The summed E-state index contributed by atoms with van der Waals surface area (Å²) in [6, 6.07) is 28.5. The van der Waals surface area contributed by atoms with Crippen LogP contribution in [0.2, 0.25) is 0 Å². The molecule has 5 aromatic rings. The zero-order valence-corrected chi connectivity index (χ0v) is 21.7. The molecule has 0 spiro atoms. The molecule has 0 unspecified atom stereocenters. The van der Waals surface area contributed by atoms with Crippen molar-refractivity contribution < 1.29 is 18.7 Å². The molecule has 5 rings (SSSR count). The standard InChI is InChI=1S/C33H31NO4/c1-3-36-32(35)18-25-11-5-7-14-31(25)37-20-27-21-38-33-29(27)16-26(24-12-8-10-23(15-24)19-34)17-30(33)28-13-6-4-9-22(28)2/h4-17,21H,3,18-20,34H2,1-2H3. The quantitative estimate of drug-likeness (QED) is 0.214. The van der Waals surface area contributed by atoms with Gasteiger partial charge >= 0.3 is 5.97 Å². The average Bonchev–Trinajstić information content (AvgIpc) is 3.35. The summed E-state index contributed by atoms with van der Waals surface area (Å²) in [6.45, 7) is 5.04. The van der Waals surface area contributed by atoms with E-state index in [1.165, 1.54) is 5.56 Å². The molecule has 0 aliphatic rings. The Morgan fingerprint density at radius 3 is 2.50 bits per heavy atom. The summed E-state index contributed by atoms with van der Waals surface area (Å²) in [5, 5.41) is 0.988. The first-order valence-electron chi connectivity index (χ1n) is 12.8. The molecule has 5 heteroatoms. The van der Waals surface area contributed by atoms with E-state index in [0.29, 0.717) is 25.5 Å². The zero-order valence-electron chi connectivity index (χ0n) is 21.7. The van der Waals surface area contributed by atoms with Gasteiger partial charge in [0, 0.05) is 28.6 Å². The van der Waals surface area contributed by atoms with Gasteiger partial charge in [-0.15, -0.1) is 0 Å². The van der Waals surface area contributed by atoms with Gasteiger partial charge in [0.25, 0.3) is 0 Å². The highest BCUT2D eigenvalue weighted by atomic mass is 16.5. The minimum Gasteiger partial charge on any atom is -0.488 e. The molecule has 0 fully saturated rings. The zero-order chi connectivity index (χ0) is 26.5. The Balaban J connectivity index is 1.56. The van der Waals surface area contributed by atoms with Gasteiger partial charge in [0.05, 0.1) is 19.3 Å². The molecule has 1 heterocycles. The number of hydrogen-bond acceptors (Lipinski definition) is 5. The fourth-order valence-corrected chi connectivity index (χ4v) is 4.73. The number of aryl methyl sites for hydroxylation is 1. The molecule has 38 heavy (non-hydrogen) atoms. The number of furan rings is 1. The maximum atomic E-state index is 12.1. The van der Waals surface area contributed by atoms with E-state index in [2.05, 4.69) is 43.3 Å². The molecule has 0 atom stereocenters. The van der Waals surface area contributed by atoms with Crippen LogP contribution in [0.3, 0.4) is 0 Å². The molecular formula is C33H31NO4. The fraction of sp³-hybridized carbons (Fsp3) is 0.182. The predicted octanol–water partition coefficient (Wildman–Crippen LogP) is 7.22. The first-order chi connectivity index (χ1) is 18.6. The van der Waals surface area contributed by atoms with Crippen molar-refractivity contribution in [2.75, 3.05) is 6.61 Å². The Morgan fingerprint density at radius 1 is 0.868 bits per heavy atom. The van der Waals surface area contributed by atoms with Gasteiger partial charge in [-0.05, 0) is 65.9 Å². The topological polar surface area (TPSA) is 74.7 Å². The minimum atomic E-state index is -0.274. The van der Waals surface area contributed by atoms with Gasteiger partial charge in [0.2, 0.25) is 0 Å². The third kappa shape index (κ3) is 5.34. The molecule has 0 amide bonds. The summed E-state index contributed by atoms with van der Waals surface area (Å²) in [5.74, 6) is 0.380. The lowest BCUT2D eigenvalue weighted by molar-refractivity contribution is -0.142. The highest BCUT2D eigenvalue weighted by Crippen LogP contribution is 2.38. The summed E-state index contributed by atoms with van der Waals surface area (Å²) in [6.07, 6.45) is 1.93. The molecule has 0 saturated heterocycles. The highest BCUT2D eigenvalue weighted by molar-refractivity contribution is 5.98. The van der Waals surface area contributed by atoms with Crippen LogP contribution in [0.4, 0.5) is 0 Å². The van der Waals surface area contributed by atoms with Crippen LogP contribution in [0.15, 0.2) is 95.6 Å². The second kappa shape index (κ2) is 11.4. The Morgan fingerprint density at radius 2 is 1.68 bits per heavy atom. The van der Waals surface area contributed by atoms with Crippen LogP contribution in [0.5, 0.6) is 5.75 Å². The van der Waals surface area contributed by atoms with E-state index in [1.54, 1.807) is 13.2 Å². The second-order valence-electron chi connectivity index (χ2n) is 9.26. The number of esters is 1. The summed E-state index contributed by atoms with van der Waals surface area (Å²) >= 11 is 0. The molecule has 4 aromatic carbocycles. The molecule has 0 aliphatic carbocycles. The van der Waals surface area contributed by atoms with Gasteiger partial charge in [-0.1, -0.05) is 60.7 Å². The molecule has 0 aliphatic heterocycles. The SMILES string of the molecule is CCOC(=O)Cc1ccccc1OCc1coc2c(-c3ccccc3C)cc(-c3cccc(CN)c3)cc12. The van der Waals surface area contributed by atoms with E-state index in [1.807, 2.05) is 48.5 Å². The maximum absolute atomic E-state index is 12.1. The van der Waals surface area contributed by atoms with Crippen molar-refractivity contribution in [3.8, 4) is 28.0 Å². The fourth-order valence-electron chi connectivity index (χ4n) is 4.73. The lowest BCUT2D eigenvalue weighted by atomic mass is 9.93. The molecular weight excluding hydrogens is 474 g/mol. The van der Waals surface area contributed by atoms with Crippen LogP contribution >= 0.6 is 0 Å². The van der Waals surface area contributed by atoms with Crippen LogP contribution in [0, 0.1) is 6.92 Å². The van der Waals surface area contributed by atoms with Crippen LogP contribution in [0.25, 0.3) is 33.2 Å². The van der Waals surface area contributed by atoms with E-state index in [-0.39, 0.29) is 12.4 Å². The molecule has 2 N–H and O–H groups in total. The number of carbonyl (C=O) groups excluding carboxylic acids is 1. The van der Waals surface area contributed by atoms with Crippen LogP contribution in [-0.2, 0) is 29.1 Å². The van der Waals surface area contributed by atoms with E-state index < -0.39 is 0 Å². The number of hydrogen-bond donors (Lipinski definition) is 1. The Bertz CT molecular complexity index is 1580. The van der Waals surface area contributed by atoms with Crippen LogP contribution in [0.1, 0.15) is 29.2 Å². The molecule has 0 bridgehead atoms. The Labute approximate surface area is 222 Å². The third-order valence-electron chi connectivity index (χ3n) is 6.68. The van der Waals surface area contributed by atoms with E-state index in [0.717, 1.165) is 49.9 Å². The van der Waals surface area contributed by atoms with E-state index in [4.69, 9.17) is 19.6 Å². The number of ether oxygens (including phenoxy) is 2. The van der Waals surface area contributed by atoms with Crippen molar-refractivity contribution in [2.24, 2.45) is 5.73 Å². The maximum Gasteiger partial charge on any atom is 0.310 e. The summed E-state index contributed by atoms with van der Waals surface area (Å²) in [5.41, 5.74) is 15.0. The van der Waals surface area contributed by atoms with Crippen molar-refractivity contribution in [1.82, 2.24) is 0 Å². The van der Waals surface area contributed by atoms with Crippen LogP contribution in [-0.4, -0.2) is 12.6 Å². The minimum absolute atomic E-state index is 0.162. The summed E-state index contributed by atoms with van der Waals surface area (Å²) in [4.78, 5) is 12.1. The highest BCUT2D eigenvalue weighted by Gasteiger charge is 2.17. The van der Waals surface area contributed by atoms with Gasteiger partial charge in [0.1, 0.15) is 17.9 Å². The van der Waals surface area contributed by atoms with Crippen LogP contribution < -0.4 is 10.5 Å². The number of nitrogens with two attached hydrogens (primary N) is 1. The van der Waals surface area contributed by atoms with Gasteiger partial charge < -0.3 is 19.6 Å². The lowest BCUT2D eigenvalue weighted by Gasteiger charge is -2.12. The van der Waals surface area contributed by atoms with E-state index >= 15 is 0 Å². The number of carbonyl (C=O) groups is 1. The van der Waals surface area contributed by atoms with Gasteiger partial charge in [-0.2, -0.15) is 0 Å². The predicted molar refractivity (Wildman–Crippen MR) is 151 cm³/mol. The number of benzene rings is 4. The average molecular weight is 506 g/mol. The third-order valence-corrected chi connectivity index (χ3v) is 6.68. The van der Waals surface area contributed by atoms with Gasteiger partial charge in [-0.25, -0.2) is 0 Å².